The van der Waals surface area contributed by atoms with Gasteiger partial charge in [-0.05, 0) is 62.8 Å². The predicted molar refractivity (Wildman–Crippen MR) is 85.0 cm³/mol. The summed E-state index contributed by atoms with van der Waals surface area (Å²) in [5, 5.41) is 3.73. The van der Waals surface area contributed by atoms with E-state index in [1.54, 1.807) is 5.56 Å². The van der Waals surface area contributed by atoms with Crippen molar-refractivity contribution in [1.82, 2.24) is 10.2 Å². The lowest BCUT2D eigenvalue weighted by Gasteiger charge is -2.36. The van der Waals surface area contributed by atoms with Crippen molar-refractivity contribution in [2.45, 2.75) is 64.6 Å². The van der Waals surface area contributed by atoms with E-state index in [1.165, 1.54) is 56.3 Å². The molecule has 20 heavy (non-hydrogen) atoms. The van der Waals surface area contributed by atoms with E-state index in [0.29, 0.717) is 0 Å². The van der Waals surface area contributed by atoms with Gasteiger partial charge in [0.15, 0.2) is 0 Å². The maximum absolute atomic E-state index is 3.73. The molecule has 3 rings (SSSR count). The second-order valence-electron chi connectivity index (χ2n) is 6.67. The molecular weight excluding hydrogens is 244 g/mol. The Balaban J connectivity index is 1.66. The predicted octanol–water partition coefficient (Wildman–Crippen LogP) is 3.41. The molecule has 1 aromatic rings. The summed E-state index contributed by atoms with van der Waals surface area (Å²) in [5.41, 5.74) is 4.44. The monoisotopic (exact) mass is 272 g/mol. The molecule has 0 aromatic heterocycles. The van der Waals surface area contributed by atoms with E-state index in [0.717, 1.165) is 18.6 Å². The van der Waals surface area contributed by atoms with Gasteiger partial charge in [-0.2, -0.15) is 0 Å². The molecule has 0 spiro atoms. The highest BCUT2D eigenvalue weighted by Crippen LogP contribution is 2.24. The van der Waals surface area contributed by atoms with Crippen LogP contribution in [-0.2, 0) is 6.54 Å². The summed E-state index contributed by atoms with van der Waals surface area (Å²) >= 11 is 0. The fourth-order valence-electron chi connectivity index (χ4n) is 3.39. The molecule has 110 valence electrons. The number of nitrogens with one attached hydrogen (secondary N) is 1. The number of rotatable bonds is 5. The molecular formula is C18H28N2. The summed E-state index contributed by atoms with van der Waals surface area (Å²) in [6, 6.07) is 8.26. The SMILES string of the molecule is Cc1cccc(C)c1CN1CCCCC1CNC1CC1. The van der Waals surface area contributed by atoms with Gasteiger partial charge < -0.3 is 5.32 Å². The fraction of sp³-hybridized carbons (Fsp3) is 0.667. The minimum atomic E-state index is 0.739. The highest BCUT2D eigenvalue weighted by atomic mass is 15.2. The molecule has 1 aromatic carbocycles. The van der Waals surface area contributed by atoms with E-state index in [2.05, 4.69) is 42.3 Å². The normalized spacial score (nSPS) is 24.0. The number of nitrogens with zero attached hydrogens (tertiary/aromatic N) is 1. The van der Waals surface area contributed by atoms with Gasteiger partial charge in [-0.3, -0.25) is 4.90 Å². The van der Waals surface area contributed by atoms with Crippen molar-refractivity contribution in [2.75, 3.05) is 13.1 Å². The van der Waals surface area contributed by atoms with Gasteiger partial charge in [-0.25, -0.2) is 0 Å². The van der Waals surface area contributed by atoms with Crippen molar-refractivity contribution in [3.63, 3.8) is 0 Å². The molecule has 1 N–H and O–H groups in total. The number of hydrogen-bond donors (Lipinski definition) is 1. The van der Waals surface area contributed by atoms with Gasteiger partial charge in [-0.1, -0.05) is 24.6 Å². The number of benzene rings is 1. The summed E-state index contributed by atoms with van der Waals surface area (Å²) < 4.78 is 0. The molecule has 1 unspecified atom stereocenters. The molecule has 1 heterocycles. The zero-order valence-corrected chi connectivity index (χ0v) is 13.0. The van der Waals surface area contributed by atoms with E-state index in [-0.39, 0.29) is 0 Å². The van der Waals surface area contributed by atoms with Gasteiger partial charge >= 0.3 is 0 Å². The van der Waals surface area contributed by atoms with Crippen LogP contribution < -0.4 is 5.32 Å². The number of aryl methyl sites for hydroxylation is 2. The Labute approximate surface area is 123 Å². The van der Waals surface area contributed by atoms with Crippen molar-refractivity contribution in [2.24, 2.45) is 0 Å². The lowest BCUT2D eigenvalue weighted by Crippen LogP contribution is -2.45. The van der Waals surface area contributed by atoms with Crippen LogP contribution >= 0.6 is 0 Å². The fourth-order valence-corrected chi connectivity index (χ4v) is 3.39. The maximum Gasteiger partial charge on any atom is 0.0242 e. The molecule has 1 atom stereocenters. The molecule has 2 aliphatic rings. The maximum atomic E-state index is 3.73. The van der Waals surface area contributed by atoms with E-state index in [1.807, 2.05) is 0 Å². The zero-order chi connectivity index (χ0) is 13.9. The quantitative estimate of drug-likeness (QED) is 0.883. The molecule has 0 amide bonds. The van der Waals surface area contributed by atoms with Crippen LogP contribution in [0.1, 0.15) is 48.8 Å². The highest BCUT2D eigenvalue weighted by molar-refractivity contribution is 5.33. The number of likely N-dealkylation sites (tertiary alicyclic amines) is 1. The second kappa shape index (κ2) is 6.28. The average Bonchev–Trinajstić information content (AvgIpc) is 3.26. The van der Waals surface area contributed by atoms with E-state index in [4.69, 9.17) is 0 Å². The third kappa shape index (κ3) is 3.42. The van der Waals surface area contributed by atoms with Crippen molar-refractivity contribution in [1.29, 1.82) is 0 Å². The Hall–Kier alpha value is -0.860. The lowest BCUT2D eigenvalue weighted by molar-refractivity contribution is 0.136. The third-order valence-corrected chi connectivity index (χ3v) is 4.97. The van der Waals surface area contributed by atoms with Crippen LogP contribution in [0.3, 0.4) is 0 Å². The summed E-state index contributed by atoms with van der Waals surface area (Å²) in [7, 11) is 0. The molecule has 2 nitrogen and oxygen atoms in total. The Morgan fingerprint density at radius 1 is 1.10 bits per heavy atom. The van der Waals surface area contributed by atoms with Gasteiger partial charge in [0.1, 0.15) is 0 Å². The first kappa shape index (κ1) is 14.1. The van der Waals surface area contributed by atoms with Crippen molar-refractivity contribution < 1.29 is 0 Å². The van der Waals surface area contributed by atoms with E-state index < -0.39 is 0 Å². The van der Waals surface area contributed by atoms with Gasteiger partial charge in [0.25, 0.3) is 0 Å². The smallest absolute Gasteiger partial charge is 0.0242 e. The third-order valence-electron chi connectivity index (χ3n) is 4.97. The summed E-state index contributed by atoms with van der Waals surface area (Å²) in [6.45, 7) is 8.10. The Morgan fingerprint density at radius 3 is 2.55 bits per heavy atom. The minimum absolute atomic E-state index is 0.739. The molecule has 2 fully saturated rings. The summed E-state index contributed by atoms with van der Waals surface area (Å²) in [6.07, 6.45) is 6.92. The van der Waals surface area contributed by atoms with Gasteiger partial charge in [0.05, 0.1) is 0 Å². The van der Waals surface area contributed by atoms with Crippen LogP contribution in [0.25, 0.3) is 0 Å². The molecule has 2 heteroatoms. The van der Waals surface area contributed by atoms with E-state index >= 15 is 0 Å². The van der Waals surface area contributed by atoms with Crippen LogP contribution in [0.4, 0.5) is 0 Å². The molecule has 1 saturated carbocycles. The van der Waals surface area contributed by atoms with Crippen molar-refractivity contribution >= 4 is 0 Å². The second-order valence-corrected chi connectivity index (χ2v) is 6.67. The Bertz CT molecular complexity index is 430. The highest BCUT2D eigenvalue weighted by Gasteiger charge is 2.26. The van der Waals surface area contributed by atoms with Crippen LogP contribution in [0, 0.1) is 13.8 Å². The van der Waals surface area contributed by atoms with Gasteiger partial charge in [-0.15, -0.1) is 0 Å². The zero-order valence-electron chi connectivity index (χ0n) is 13.0. The largest absolute Gasteiger partial charge is 0.312 e. The number of piperidine rings is 1. The van der Waals surface area contributed by atoms with Crippen molar-refractivity contribution in [3.05, 3.63) is 34.9 Å². The van der Waals surface area contributed by atoms with Crippen molar-refractivity contribution in [3.8, 4) is 0 Å². The Morgan fingerprint density at radius 2 is 1.85 bits per heavy atom. The first-order chi connectivity index (χ1) is 9.74. The van der Waals surface area contributed by atoms with Crippen LogP contribution in [0.5, 0.6) is 0 Å². The average molecular weight is 272 g/mol. The van der Waals surface area contributed by atoms with Crippen LogP contribution in [-0.4, -0.2) is 30.1 Å². The molecule has 1 aliphatic heterocycles. The van der Waals surface area contributed by atoms with Gasteiger partial charge in [0.2, 0.25) is 0 Å². The number of hydrogen-bond acceptors (Lipinski definition) is 2. The lowest BCUT2D eigenvalue weighted by atomic mass is 9.98. The summed E-state index contributed by atoms with van der Waals surface area (Å²) in [5.74, 6) is 0. The molecule has 0 bridgehead atoms. The molecule has 1 aliphatic carbocycles. The summed E-state index contributed by atoms with van der Waals surface area (Å²) in [4.78, 5) is 2.72. The van der Waals surface area contributed by atoms with E-state index in [9.17, 15) is 0 Å². The standard InChI is InChI=1S/C18H28N2/c1-14-6-5-7-15(2)18(14)13-20-11-4-3-8-17(20)12-19-16-9-10-16/h5-7,16-17,19H,3-4,8-13H2,1-2H3. The topological polar surface area (TPSA) is 15.3 Å². The molecule has 1 saturated heterocycles. The first-order valence-corrected chi connectivity index (χ1v) is 8.26. The van der Waals surface area contributed by atoms with Crippen LogP contribution in [0.15, 0.2) is 18.2 Å². The molecule has 0 radical (unpaired) electrons. The minimum Gasteiger partial charge on any atom is -0.312 e. The first-order valence-electron chi connectivity index (χ1n) is 8.26. The van der Waals surface area contributed by atoms with Crippen LogP contribution in [0.2, 0.25) is 0 Å². The van der Waals surface area contributed by atoms with Gasteiger partial charge in [0, 0.05) is 25.2 Å². The Kier molecular flexibility index (Phi) is 4.42.